The van der Waals surface area contributed by atoms with E-state index in [1.807, 2.05) is 26.1 Å². The molecule has 1 aliphatic carbocycles. The molecule has 0 saturated heterocycles. The molecule has 1 fully saturated rings. The first-order valence-corrected chi connectivity index (χ1v) is 9.36. The van der Waals surface area contributed by atoms with E-state index >= 15 is 0 Å². The molecular weight excluding hydrogens is 334 g/mol. The van der Waals surface area contributed by atoms with Crippen molar-refractivity contribution in [2.24, 2.45) is 0 Å². The standard InChI is InChI=1S/C19H21N3O2S/c1-11-19(12(2)24-21-11)13-8-17-16(4-3-7-20-17)18(9-13)25-22-14-5-6-15(23)10-14/h3-4,7-9,14-15,22-23H,5-6,10H2,1-2H3. The molecule has 4 rings (SSSR count). The Kier molecular flexibility index (Phi) is 4.50. The number of hydrogen-bond acceptors (Lipinski definition) is 6. The number of aryl methyl sites for hydroxylation is 2. The summed E-state index contributed by atoms with van der Waals surface area (Å²) in [6.45, 7) is 3.89. The third kappa shape index (κ3) is 3.29. The summed E-state index contributed by atoms with van der Waals surface area (Å²) in [6.07, 6.45) is 4.33. The topological polar surface area (TPSA) is 71.2 Å². The Hall–Kier alpha value is -1.89. The van der Waals surface area contributed by atoms with Gasteiger partial charge in [0.1, 0.15) is 5.76 Å². The van der Waals surface area contributed by atoms with Crippen LogP contribution >= 0.6 is 11.9 Å². The van der Waals surface area contributed by atoms with Crippen molar-refractivity contribution in [3.8, 4) is 11.1 Å². The van der Waals surface area contributed by atoms with Gasteiger partial charge in [0.2, 0.25) is 0 Å². The van der Waals surface area contributed by atoms with Crippen molar-refractivity contribution in [3.05, 3.63) is 41.9 Å². The maximum absolute atomic E-state index is 9.72. The first-order chi connectivity index (χ1) is 12.1. The molecule has 2 heterocycles. The van der Waals surface area contributed by atoms with Crippen LogP contribution < -0.4 is 4.72 Å². The highest BCUT2D eigenvalue weighted by molar-refractivity contribution is 7.97. The van der Waals surface area contributed by atoms with Crippen LogP contribution in [0.3, 0.4) is 0 Å². The minimum absolute atomic E-state index is 0.176. The molecule has 1 aliphatic rings. The maximum atomic E-state index is 9.72. The zero-order valence-corrected chi connectivity index (χ0v) is 15.1. The number of rotatable bonds is 4. The Labute approximate surface area is 151 Å². The fourth-order valence-corrected chi connectivity index (χ4v) is 4.46. The average molecular weight is 355 g/mol. The summed E-state index contributed by atoms with van der Waals surface area (Å²) in [4.78, 5) is 5.66. The van der Waals surface area contributed by atoms with Gasteiger partial charge in [-0.2, -0.15) is 0 Å². The van der Waals surface area contributed by atoms with Gasteiger partial charge in [-0.3, -0.25) is 9.71 Å². The number of pyridine rings is 1. The van der Waals surface area contributed by atoms with Gasteiger partial charge in [0.25, 0.3) is 0 Å². The summed E-state index contributed by atoms with van der Waals surface area (Å²) in [5.74, 6) is 0.815. The van der Waals surface area contributed by atoms with Crippen LogP contribution in [0.1, 0.15) is 30.7 Å². The third-order valence-corrected chi connectivity index (χ3v) is 5.75. The molecule has 3 aromatic rings. The Morgan fingerprint density at radius 3 is 2.88 bits per heavy atom. The minimum Gasteiger partial charge on any atom is -0.393 e. The van der Waals surface area contributed by atoms with Crippen molar-refractivity contribution in [2.45, 2.75) is 50.2 Å². The Morgan fingerprint density at radius 1 is 1.28 bits per heavy atom. The molecule has 6 heteroatoms. The van der Waals surface area contributed by atoms with Gasteiger partial charge in [-0.05, 0) is 68.8 Å². The van der Waals surface area contributed by atoms with Gasteiger partial charge in [-0.1, -0.05) is 11.2 Å². The minimum atomic E-state index is -0.176. The number of nitrogens with zero attached hydrogens (tertiary/aromatic N) is 2. The molecule has 0 amide bonds. The molecule has 0 bridgehead atoms. The van der Waals surface area contributed by atoms with Crippen molar-refractivity contribution in [3.63, 3.8) is 0 Å². The highest BCUT2D eigenvalue weighted by atomic mass is 32.2. The summed E-state index contributed by atoms with van der Waals surface area (Å²) >= 11 is 1.62. The van der Waals surface area contributed by atoms with E-state index in [1.165, 1.54) is 0 Å². The molecular formula is C19H21N3O2S. The van der Waals surface area contributed by atoms with Crippen molar-refractivity contribution >= 4 is 22.9 Å². The van der Waals surface area contributed by atoms with E-state index in [9.17, 15) is 5.11 Å². The van der Waals surface area contributed by atoms with Crippen molar-refractivity contribution < 1.29 is 9.63 Å². The van der Waals surface area contributed by atoms with E-state index in [4.69, 9.17) is 4.52 Å². The highest BCUT2D eigenvalue weighted by Crippen LogP contribution is 2.35. The summed E-state index contributed by atoms with van der Waals surface area (Å²) in [7, 11) is 0. The number of hydrogen-bond donors (Lipinski definition) is 2. The molecule has 5 nitrogen and oxygen atoms in total. The second-order valence-corrected chi connectivity index (χ2v) is 7.51. The monoisotopic (exact) mass is 355 g/mol. The quantitative estimate of drug-likeness (QED) is 0.689. The zero-order valence-electron chi connectivity index (χ0n) is 14.3. The third-order valence-electron chi connectivity index (χ3n) is 4.75. The van der Waals surface area contributed by atoms with E-state index in [1.54, 1.807) is 11.9 Å². The molecule has 1 saturated carbocycles. The molecule has 1 aromatic carbocycles. The van der Waals surface area contributed by atoms with Crippen LogP contribution in [0.15, 0.2) is 39.9 Å². The summed E-state index contributed by atoms with van der Waals surface area (Å²) in [6, 6.07) is 8.65. The number of benzene rings is 1. The van der Waals surface area contributed by atoms with Gasteiger partial charge in [0.15, 0.2) is 0 Å². The van der Waals surface area contributed by atoms with E-state index in [-0.39, 0.29) is 6.10 Å². The molecule has 2 atom stereocenters. The van der Waals surface area contributed by atoms with Crippen LogP contribution in [0.25, 0.3) is 22.0 Å². The molecule has 25 heavy (non-hydrogen) atoms. The van der Waals surface area contributed by atoms with Crippen LogP contribution in [-0.4, -0.2) is 27.4 Å². The number of nitrogens with one attached hydrogen (secondary N) is 1. The number of aliphatic hydroxyl groups is 1. The first-order valence-electron chi connectivity index (χ1n) is 8.54. The van der Waals surface area contributed by atoms with Gasteiger partial charge >= 0.3 is 0 Å². The van der Waals surface area contributed by atoms with Crippen molar-refractivity contribution in [1.82, 2.24) is 14.9 Å². The lowest BCUT2D eigenvalue weighted by atomic mass is 10.0. The molecule has 2 N–H and O–H groups in total. The van der Waals surface area contributed by atoms with Crippen molar-refractivity contribution in [1.29, 1.82) is 0 Å². The first kappa shape index (κ1) is 16.6. The second kappa shape index (κ2) is 6.78. The Morgan fingerprint density at radius 2 is 2.16 bits per heavy atom. The van der Waals surface area contributed by atoms with Crippen LogP contribution in [0.2, 0.25) is 0 Å². The SMILES string of the molecule is Cc1noc(C)c1-c1cc(SNC2CCC(O)C2)c2cccnc2c1. The van der Waals surface area contributed by atoms with Crippen LogP contribution in [0, 0.1) is 13.8 Å². The second-order valence-electron chi connectivity index (χ2n) is 6.63. The average Bonchev–Trinajstić information content (AvgIpc) is 3.17. The predicted octanol–water partition coefficient (Wildman–Crippen LogP) is 4.02. The van der Waals surface area contributed by atoms with Gasteiger partial charge in [0.05, 0.1) is 17.3 Å². The van der Waals surface area contributed by atoms with E-state index in [2.05, 4.69) is 33.1 Å². The summed E-state index contributed by atoms with van der Waals surface area (Å²) in [5, 5.41) is 14.9. The fraction of sp³-hybridized carbons (Fsp3) is 0.368. The van der Waals surface area contributed by atoms with Gasteiger partial charge in [0, 0.05) is 28.1 Å². The maximum Gasteiger partial charge on any atom is 0.141 e. The zero-order chi connectivity index (χ0) is 17.4. The molecule has 0 radical (unpaired) electrons. The number of aromatic nitrogens is 2. The molecule has 130 valence electrons. The normalized spacial score (nSPS) is 20.4. The van der Waals surface area contributed by atoms with Crippen LogP contribution in [-0.2, 0) is 0 Å². The largest absolute Gasteiger partial charge is 0.393 e. The van der Waals surface area contributed by atoms with Gasteiger partial charge in [-0.15, -0.1) is 0 Å². The molecule has 0 spiro atoms. The van der Waals surface area contributed by atoms with Crippen molar-refractivity contribution in [2.75, 3.05) is 0 Å². The summed E-state index contributed by atoms with van der Waals surface area (Å²) in [5.41, 5.74) is 3.94. The lowest BCUT2D eigenvalue weighted by Crippen LogP contribution is -2.20. The molecule has 0 aliphatic heterocycles. The molecule has 2 aromatic heterocycles. The lowest BCUT2D eigenvalue weighted by Gasteiger charge is -2.14. The highest BCUT2D eigenvalue weighted by Gasteiger charge is 2.23. The van der Waals surface area contributed by atoms with Crippen LogP contribution in [0.4, 0.5) is 0 Å². The van der Waals surface area contributed by atoms with E-state index in [0.717, 1.165) is 57.6 Å². The Bertz CT molecular complexity index is 889. The van der Waals surface area contributed by atoms with Gasteiger partial charge in [-0.25, -0.2) is 0 Å². The lowest BCUT2D eigenvalue weighted by molar-refractivity contribution is 0.181. The predicted molar refractivity (Wildman–Crippen MR) is 99.4 cm³/mol. The Balaban J connectivity index is 1.71. The van der Waals surface area contributed by atoms with E-state index < -0.39 is 0 Å². The number of fused-ring (bicyclic) bond motifs is 1. The van der Waals surface area contributed by atoms with Gasteiger partial charge < -0.3 is 9.63 Å². The smallest absolute Gasteiger partial charge is 0.141 e. The fourth-order valence-electron chi connectivity index (χ4n) is 3.48. The summed E-state index contributed by atoms with van der Waals surface area (Å²) < 4.78 is 8.85. The molecule has 2 unspecified atom stereocenters. The van der Waals surface area contributed by atoms with E-state index in [0.29, 0.717) is 6.04 Å². The number of aliphatic hydroxyl groups excluding tert-OH is 1. The van der Waals surface area contributed by atoms with Crippen LogP contribution in [0.5, 0.6) is 0 Å².